The van der Waals surface area contributed by atoms with Gasteiger partial charge in [0.2, 0.25) is 0 Å². The minimum atomic E-state index is 0.473. The van der Waals surface area contributed by atoms with E-state index >= 15 is 0 Å². The van der Waals surface area contributed by atoms with Crippen molar-refractivity contribution in [2.45, 2.75) is 34.2 Å². The van der Waals surface area contributed by atoms with Gasteiger partial charge in [-0.25, -0.2) is 0 Å². The average molecular weight is 391 g/mol. The van der Waals surface area contributed by atoms with Crippen LogP contribution in [0, 0.1) is 27.7 Å². The molecular weight excluding hydrogens is 364 g/mol. The summed E-state index contributed by atoms with van der Waals surface area (Å²) in [5.74, 6) is 0. The van der Waals surface area contributed by atoms with Gasteiger partial charge in [0, 0.05) is 18.4 Å². The number of hydrazone groups is 1. The lowest BCUT2D eigenvalue weighted by Gasteiger charge is -2.13. The number of aryl methyl sites for hydroxylation is 4. The third-order valence-electron chi connectivity index (χ3n) is 4.79. The Morgan fingerprint density at radius 3 is 2.50 bits per heavy atom. The highest BCUT2D eigenvalue weighted by atomic mass is 32.1. The first-order chi connectivity index (χ1) is 13.4. The molecule has 2 N–H and O–H groups in total. The summed E-state index contributed by atoms with van der Waals surface area (Å²) in [5, 5.41) is 8.01. The van der Waals surface area contributed by atoms with Crippen molar-refractivity contribution in [1.29, 1.82) is 0 Å². The molecule has 0 bridgehead atoms. The molecular formula is C23H26N4S. The molecule has 0 saturated carbocycles. The number of hydrogen-bond acceptors (Lipinski definition) is 2. The monoisotopic (exact) mass is 390 g/mol. The predicted octanol–water partition coefficient (Wildman–Crippen LogP) is 5.09. The molecule has 28 heavy (non-hydrogen) atoms. The molecule has 0 amide bonds. The van der Waals surface area contributed by atoms with E-state index in [-0.39, 0.29) is 0 Å². The summed E-state index contributed by atoms with van der Waals surface area (Å²) in [4.78, 5) is 0. The molecule has 0 unspecified atom stereocenters. The van der Waals surface area contributed by atoms with Crippen LogP contribution in [0.1, 0.15) is 33.5 Å². The second kappa shape index (κ2) is 8.85. The lowest BCUT2D eigenvalue weighted by Crippen LogP contribution is -2.24. The summed E-state index contributed by atoms with van der Waals surface area (Å²) in [6, 6.07) is 16.8. The van der Waals surface area contributed by atoms with Gasteiger partial charge in [-0.1, -0.05) is 42.0 Å². The van der Waals surface area contributed by atoms with Crippen LogP contribution in [0.2, 0.25) is 0 Å². The molecule has 5 heteroatoms. The van der Waals surface area contributed by atoms with Crippen molar-refractivity contribution in [1.82, 2.24) is 9.99 Å². The quantitative estimate of drug-likeness (QED) is 0.362. The number of anilines is 1. The molecule has 3 rings (SSSR count). The summed E-state index contributed by atoms with van der Waals surface area (Å²) < 4.78 is 2.18. The molecule has 4 nitrogen and oxygen atoms in total. The van der Waals surface area contributed by atoms with E-state index < -0.39 is 0 Å². The fraction of sp³-hybridized carbons (Fsp3) is 0.217. The third kappa shape index (κ3) is 4.87. The van der Waals surface area contributed by atoms with Crippen molar-refractivity contribution in [2.24, 2.45) is 5.10 Å². The number of nitrogens with one attached hydrogen (secondary N) is 2. The Labute approximate surface area is 172 Å². The molecule has 2 aromatic carbocycles. The zero-order valence-corrected chi connectivity index (χ0v) is 17.6. The van der Waals surface area contributed by atoms with Crippen molar-refractivity contribution < 1.29 is 0 Å². The zero-order chi connectivity index (χ0) is 20.1. The summed E-state index contributed by atoms with van der Waals surface area (Å²) in [5.41, 5.74) is 11.1. The van der Waals surface area contributed by atoms with Gasteiger partial charge < -0.3 is 9.88 Å². The lowest BCUT2D eigenvalue weighted by atomic mass is 10.1. The summed E-state index contributed by atoms with van der Waals surface area (Å²) in [7, 11) is 0. The van der Waals surface area contributed by atoms with Crippen LogP contribution in [0.5, 0.6) is 0 Å². The van der Waals surface area contributed by atoms with E-state index in [1.807, 2.05) is 18.2 Å². The lowest BCUT2D eigenvalue weighted by molar-refractivity contribution is 0.793. The molecule has 0 saturated heterocycles. The van der Waals surface area contributed by atoms with E-state index in [4.69, 9.17) is 12.2 Å². The van der Waals surface area contributed by atoms with Crippen LogP contribution < -0.4 is 10.7 Å². The molecule has 0 spiro atoms. The maximum atomic E-state index is 5.38. The molecule has 0 radical (unpaired) electrons. The molecule has 0 fully saturated rings. The molecule has 3 aromatic rings. The SMILES string of the molecule is Cc1ccc(C)c(Cn2cccc2/C=N/NC(=S)Nc2c(C)cccc2C)c1. The van der Waals surface area contributed by atoms with Gasteiger partial charge in [0.25, 0.3) is 0 Å². The first kappa shape index (κ1) is 19.8. The number of rotatable bonds is 5. The number of benzene rings is 2. The van der Waals surface area contributed by atoms with E-state index in [1.54, 1.807) is 6.21 Å². The van der Waals surface area contributed by atoms with Crippen molar-refractivity contribution in [2.75, 3.05) is 5.32 Å². The number of para-hydroxylation sites is 1. The fourth-order valence-electron chi connectivity index (χ4n) is 3.15. The van der Waals surface area contributed by atoms with E-state index in [9.17, 15) is 0 Å². The van der Waals surface area contributed by atoms with Crippen molar-refractivity contribution in [3.8, 4) is 0 Å². The van der Waals surface area contributed by atoms with Gasteiger partial charge in [-0.2, -0.15) is 5.10 Å². The second-order valence-electron chi connectivity index (χ2n) is 7.08. The zero-order valence-electron chi connectivity index (χ0n) is 16.8. The Kier molecular flexibility index (Phi) is 6.26. The molecule has 0 aliphatic rings. The van der Waals surface area contributed by atoms with Gasteiger partial charge in [-0.05, 0) is 74.3 Å². The molecule has 0 atom stereocenters. The third-order valence-corrected chi connectivity index (χ3v) is 4.99. The fourth-order valence-corrected chi connectivity index (χ4v) is 3.31. The summed E-state index contributed by atoms with van der Waals surface area (Å²) >= 11 is 5.38. The Bertz CT molecular complexity index is 997. The van der Waals surface area contributed by atoms with Gasteiger partial charge in [-0.15, -0.1) is 0 Å². The first-order valence-electron chi connectivity index (χ1n) is 9.31. The van der Waals surface area contributed by atoms with Crippen LogP contribution in [-0.4, -0.2) is 15.9 Å². The Morgan fingerprint density at radius 2 is 1.75 bits per heavy atom. The molecule has 1 heterocycles. The van der Waals surface area contributed by atoms with Gasteiger partial charge in [0.15, 0.2) is 5.11 Å². The molecule has 144 valence electrons. The number of nitrogens with zero attached hydrogens (tertiary/aromatic N) is 2. The predicted molar refractivity (Wildman–Crippen MR) is 122 cm³/mol. The topological polar surface area (TPSA) is 41.4 Å². The Balaban J connectivity index is 1.65. The minimum Gasteiger partial charge on any atom is -0.342 e. The number of hydrogen-bond donors (Lipinski definition) is 2. The second-order valence-corrected chi connectivity index (χ2v) is 7.49. The standard InChI is InChI=1S/C23H26N4S/c1-16-10-11-17(2)20(13-16)15-27-12-6-9-21(27)14-24-26-23(28)25-22-18(3)7-5-8-19(22)4/h5-14H,15H2,1-4H3,(H2,25,26,28)/b24-14+. The van der Waals surface area contributed by atoms with E-state index in [1.165, 1.54) is 16.7 Å². The Hall–Kier alpha value is -2.92. The number of thiocarbonyl (C=S) groups is 1. The Morgan fingerprint density at radius 1 is 1.00 bits per heavy atom. The highest BCUT2D eigenvalue weighted by Gasteiger charge is 2.05. The van der Waals surface area contributed by atoms with Crippen LogP contribution in [0.25, 0.3) is 0 Å². The molecule has 0 aliphatic heterocycles. The largest absolute Gasteiger partial charge is 0.342 e. The van der Waals surface area contributed by atoms with Gasteiger partial charge >= 0.3 is 0 Å². The average Bonchev–Trinajstić information content (AvgIpc) is 3.08. The first-order valence-corrected chi connectivity index (χ1v) is 9.72. The van der Waals surface area contributed by atoms with E-state index in [0.717, 1.165) is 29.1 Å². The van der Waals surface area contributed by atoms with Crippen molar-refractivity contribution >= 4 is 29.2 Å². The smallest absolute Gasteiger partial charge is 0.191 e. The van der Waals surface area contributed by atoms with Crippen LogP contribution >= 0.6 is 12.2 Å². The van der Waals surface area contributed by atoms with Crippen LogP contribution in [0.15, 0.2) is 59.8 Å². The minimum absolute atomic E-state index is 0.473. The summed E-state index contributed by atoms with van der Waals surface area (Å²) in [6.45, 7) is 9.19. The van der Waals surface area contributed by atoms with E-state index in [0.29, 0.717) is 5.11 Å². The highest BCUT2D eigenvalue weighted by Crippen LogP contribution is 2.19. The van der Waals surface area contributed by atoms with Crippen LogP contribution in [0.4, 0.5) is 5.69 Å². The highest BCUT2D eigenvalue weighted by molar-refractivity contribution is 7.80. The molecule has 1 aromatic heterocycles. The maximum Gasteiger partial charge on any atom is 0.191 e. The normalized spacial score (nSPS) is 11.0. The van der Waals surface area contributed by atoms with Gasteiger partial charge in [0.1, 0.15) is 0 Å². The van der Waals surface area contributed by atoms with Crippen molar-refractivity contribution in [3.05, 3.63) is 88.2 Å². The molecule has 0 aliphatic carbocycles. The van der Waals surface area contributed by atoms with Gasteiger partial charge in [0.05, 0.1) is 11.9 Å². The van der Waals surface area contributed by atoms with Crippen LogP contribution in [0.3, 0.4) is 0 Å². The van der Waals surface area contributed by atoms with Gasteiger partial charge in [-0.3, -0.25) is 5.43 Å². The maximum absolute atomic E-state index is 5.38. The summed E-state index contributed by atoms with van der Waals surface area (Å²) in [6.07, 6.45) is 3.86. The van der Waals surface area contributed by atoms with Crippen molar-refractivity contribution in [3.63, 3.8) is 0 Å². The van der Waals surface area contributed by atoms with E-state index in [2.05, 4.69) is 84.6 Å². The number of aromatic nitrogens is 1. The van der Waals surface area contributed by atoms with Crippen LogP contribution in [-0.2, 0) is 6.54 Å².